The molecule has 0 atom stereocenters. The van der Waals surface area contributed by atoms with Crippen molar-refractivity contribution in [2.45, 2.75) is 0 Å². The van der Waals surface area contributed by atoms with Crippen molar-refractivity contribution in [3.63, 3.8) is 0 Å². The van der Waals surface area contributed by atoms with E-state index in [1.807, 2.05) is 29.9 Å². The quantitative estimate of drug-likeness (QED) is 0.533. The van der Waals surface area contributed by atoms with E-state index in [1.165, 1.54) is 0 Å². The number of aryl methyl sites for hydroxylation is 1. The predicted molar refractivity (Wildman–Crippen MR) is 40.7 cm³/mol. The van der Waals surface area contributed by atoms with Crippen LogP contribution in [0.1, 0.15) is 1.37 Å². The van der Waals surface area contributed by atoms with Crippen molar-refractivity contribution in [2.75, 3.05) is 0 Å². The predicted octanol–water partition coefficient (Wildman–Crippen LogP) is 1.57. The second kappa shape index (κ2) is 1.84. The van der Waals surface area contributed by atoms with Crippen molar-refractivity contribution >= 4 is 11.0 Å². The molecule has 0 bridgehead atoms. The van der Waals surface area contributed by atoms with E-state index in [2.05, 4.69) is 4.98 Å². The fraction of sp³-hybridized carbons (Fsp3) is 0.125. The Kier molecular flexibility index (Phi) is 0.826. The number of pyridine rings is 1. The molecule has 0 unspecified atom stereocenters. The molecule has 0 radical (unpaired) electrons. The van der Waals surface area contributed by atoms with E-state index in [0.29, 0.717) is 6.04 Å². The van der Waals surface area contributed by atoms with Gasteiger partial charge in [-0.25, -0.2) is 4.98 Å². The zero-order valence-electron chi connectivity index (χ0n) is 6.70. The van der Waals surface area contributed by atoms with Crippen LogP contribution < -0.4 is 0 Å². The maximum atomic E-state index is 7.31. The van der Waals surface area contributed by atoms with Crippen LogP contribution in [0.15, 0.2) is 30.6 Å². The van der Waals surface area contributed by atoms with E-state index in [-0.39, 0.29) is 0 Å². The highest BCUT2D eigenvalue weighted by Gasteiger charge is 1.93. The molecule has 2 aromatic heterocycles. The van der Waals surface area contributed by atoms with Crippen molar-refractivity contribution in [3.05, 3.63) is 30.6 Å². The van der Waals surface area contributed by atoms with Gasteiger partial charge in [-0.2, -0.15) is 0 Å². The topological polar surface area (TPSA) is 17.8 Å². The standard InChI is InChI=1S/C8H8N2/c1-10-6-4-7-3-2-5-9-8(7)10/h2-6H,1H3/i2D. The molecule has 50 valence electrons. The fourth-order valence-corrected chi connectivity index (χ4v) is 1.04. The third-order valence-electron chi connectivity index (χ3n) is 1.57. The molecule has 2 heteroatoms. The van der Waals surface area contributed by atoms with Gasteiger partial charge in [0, 0.05) is 24.8 Å². The molecular weight excluding hydrogens is 124 g/mol. The van der Waals surface area contributed by atoms with Gasteiger partial charge in [0.25, 0.3) is 0 Å². The molecule has 0 saturated heterocycles. The second-order valence-corrected chi connectivity index (χ2v) is 2.27. The van der Waals surface area contributed by atoms with Crippen molar-refractivity contribution < 1.29 is 1.37 Å². The molecular formula is C8H8N2. The first kappa shape index (κ1) is 4.50. The third-order valence-corrected chi connectivity index (χ3v) is 1.57. The average molecular weight is 133 g/mol. The zero-order chi connectivity index (χ0) is 7.84. The summed E-state index contributed by atoms with van der Waals surface area (Å²) in [6, 6.07) is 4.23. The molecule has 0 saturated carbocycles. The largest absolute Gasteiger partial charge is 0.336 e. The van der Waals surface area contributed by atoms with E-state index < -0.39 is 0 Å². The Hall–Kier alpha value is -1.31. The lowest BCUT2D eigenvalue weighted by Gasteiger charge is -1.91. The minimum absolute atomic E-state index is 0.462. The van der Waals surface area contributed by atoms with Crippen LogP contribution >= 0.6 is 0 Å². The van der Waals surface area contributed by atoms with Gasteiger partial charge in [0.1, 0.15) is 5.65 Å². The first-order valence-electron chi connectivity index (χ1n) is 3.65. The summed E-state index contributed by atoms with van der Waals surface area (Å²) < 4.78 is 9.25. The fourth-order valence-electron chi connectivity index (χ4n) is 1.04. The maximum Gasteiger partial charge on any atom is 0.139 e. The lowest BCUT2D eigenvalue weighted by Crippen LogP contribution is -1.85. The number of hydrogen-bond acceptors (Lipinski definition) is 1. The van der Waals surface area contributed by atoms with Crippen LogP contribution in [-0.2, 0) is 7.05 Å². The number of fused-ring (bicyclic) bond motifs is 1. The van der Waals surface area contributed by atoms with Crippen LogP contribution in [0.4, 0.5) is 0 Å². The molecule has 2 nitrogen and oxygen atoms in total. The van der Waals surface area contributed by atoms with Gasteiger partial charge in [-0.15, -0.1) is 0 Å². The summed E-state index contributed by atoms with van der Waals surface area (Å²) in [6.45, 7) is 0. The highest BCUT2D eigenvalue weighted by molar-refractivity contribution is 5.75. The zero-order valence-corrected chi connectivity index (χ0v) is 5.70. The Morgan fingerprint density at radius 1 is 1.60 bits per heavy atom. The molecule has 0 aromatic carbocycles. The van der Waals surface area contributed by atoms with Crippen molar-refractivity contribution in [2.24, 2.45) is 7.05 Å². The second-order valence-electron chi connectivity index (χ2n) is 2.27. The number of hydrogen-bond donors (Lipinski definition) is 0. The normalized spacial score (nSPS) is 11.9. The summed E-state index contributed by atoms with van der Waals surface area (Å²) >= 11 is 0. The van der Waals surface area contributed by atoms with Gasteiger partial charge in [0.15, 0.2) is 0 Å². The van der Waals surface area contributed by atoms with Gasteiger partial charge >= 0.3 is 0 Å². The molecule has 10 heavy (non-hydrogen) atoms. The monoisotopic (exact) mass is 133 g/mol. The first-order valence-corrected chi connectivity index (χ1v) is 3.15. The smallest absolute Gasteiger partial charge is 0.139 e. The summed E-state index contributed by atoms with van der Waals surface area (Å²) in [5.74, 6) is 0. The molecule has 0 aliphatic heterocycles. The molecule has 0 aliphatic carbocycles. The highest BCUT2D eigenvalue weighted by atomic mass is 15.0. The molecule has 2 aromatic rings. The summed E-state index contributed by atoms with van der Waals surface area (Å²) in [5, 5.41) is 1.03. The summed E-state index contributed by atoms with van der Waals surface area (Å²) in [5.41, 5.74) is 0.931. The van der Waals surface area contributed by atoms with Gasteiger partial charge in [-0.05, 0) is 18.2 Å². The van der Waals surface area contributed by atoms with Gasteiger partial charge in [-0.1, -0.05) is 0 Å². The number of aromatic nitrogens is 2. The van der Waals surface area contributed by atoms with Crippen molar-refractivity contribution in [1.82, 2.24) is 9.55 Å². The molecule has 0 spiro atoms. The van der Waals surface area contributed by atoms with Crippen LogP contribution in [0.2, 0.25) is 0 Å². The van der Waals surface area contributed by atoms with Crippen molar-refractivity contribution in [1.29, 1.82) is 0 Å². The van der Waals surface area contributed by atoms with Gasteiger partial charge in [0.05, 0.1) is 1.37 Å². The Labute approximate surface area is 60.5 Å². The molecule has 0 aliphatic rings. The van der Waals surface area contributed by atoms with Crippen LogP contribution in [0.25, 0.3) is 11.0 Å². The molecule has 0 fully saturated rings. The van der Waals surface area contributed by atoms with Crippen LogP contribution in [0.5, 0.6) is 0 Å². The molecule has 0 amide bonds. The average Bonchev–Trinajstić information content (AvgIpc) is 2.32. The lowest BCUT2D eigenvalue weighted by molar-refractivity contribution is 0.948. The number of nitrogens with zero attached hydrogens (tertiary/aromatic N) is 2. The van der Waals surface area contributed by atoms with Crippen LogP contribution in [-0.4, -0.2) is 9.55 Å². The van der Waals surface area contributed by atoms with Gasteiger partial charge in [0.2, 0.25) is 0 Å². The van der Waals surface area contributed by atoms with Gasteiger partial charge in [-0.3, -0.25) is 0 Å². The maximum absolute atomic E-state index is 7.31. The Morgan fingerprint density at radius 3 is 3.40 bits per heavy atom. The van der Waals surface area contributed by atoms with Gasteiger partial charge < -0.3 is 4.57 Å². The molecule has 2 rings (SSSR count). The van der Waals surface area contributed by atoms with E-state index in [4.69, 9.17) is 1.37 Å². The van der Waals surface area contributed by atoms with E-state index in [1.54, 1.807) is 6.20 Å². The molecule has 2 heterocycles. The van der Waals surface area contributed by atoms with E-state index in [9.17, 15) is 0 Å². The van der Waals surface area contributed by atoms with Crippen LogP contribution in [0.3, 0.4) is 0 Å². The summed E-state index contributed by atoms with van der Waals surface area (Å²) in [4.78, 5) is 4.12. The van der Waals surface area contributed by atoms with E-state index in [0.717, 1.165) is 11.0 Å². The third kappa shape index (κ3) is 0.620. The lowest BCUT2D eigenvalue weighted by atomic mass is 10.3. The molecule has 0 N–H and O–H groups in total. The Morgan fingerprint density at radius 2 is 2.50 bits per heavy atom. The Balaban J connectivity index is 2.86. The van der Waals surface area contributed by atoms with E-state index >= 15 is 0 Å². The first-order chi connectivity index (χ1) is 5.27. The summed E-state index contributed by atoms with van der Waals surface area (Å²) in [6.07, 6.45) is 3.50. The summed E-state index contributed by atoms with van der Waals surface area (Å²) in [7, 11) is 1.94. The SMILES string of the molecule is [2H]c1cnc2c(ccn2C)c1. The number of rotatable bonds is 0. The minimum Gasteiger partial charge on any atom is -0.336 e. The Bertz CT molecular complexity index is 392. The minimum atomic E-state index is 0.462. The van der Waals surface area contributed by atoms with Crippen molar-refractivity contribution in [3.8, 4) is 0 Å². The van der Waals surface area contributed by atoms with Crippen LogP contribution in [0, 0.1) is 0 Å². The highest BCUT2D eigenvalue weighted by Crippen LogP contribution is 2.09.